The number of fused-ring (bicyclic) bond motifs is 1. The van der Waals surface area contributed by atoms with Gasteiger partial charge < -0.3 is 5.73 Å². The number of rotatable bonds is 2. The molecule has 0 saturated carbocycles. The molecule has 1 aromatic carbocycles. The number of nitrogens with zero attached hydrogens (tertiary/aromatic N) is 3. The summed E-state index contributed by atoms with van der Waals surface area (Å²) in [5.41, 5.74) is 7.75. The number of nitrogen functional groups attached to an aromatic ring is 1. The van der Waals surface area contributed by atoms with Crippen LogP contribution in [0.1, 0.15) is 11.5 Å². The van der Waals surface area contributed by atoms with E-state index in [1.165, 1.54) is 0 Å². The second-order valence-corrected chi connectivity index (χ2v) is 4.04. The molecule has 3 rings (SSSR count). The van der Waals surface area contributed by atoms with Crippen molar-refractivity contribution in [2.24, 2.45) is 0 Å². The van der Waals surface area contributed by atoms with Crippen LogP contribution in [0, 0.1) is 0 Å². The molecule has 0 unspecified atom stereocenters. The average molecular weight is 236 g/mol. The Labute approximate surface area is 105 Å². The largest absolute Gasteiger partial charge is 0.383 e. The molecule has 0 aliphatic heterocycles. The van der Waals surface area contributed by atoms with Crippen molar-refractivity contribution < 1.29 is 0 Å². The molecule has 88 valence electrons. The molecule has 2 heterocycles. The van der Waals surface area contributed by atoms with Crippen molar-refractivity contribution >= 4 is 16.7 Å². The maximum absolute atomic E-state index is 5.94. The van der Waals surface area contributed by atoms with E-state index >= 15 is 0 Å². The highest BCUT2D eigenvalue weighted by Gasteiger charge is 2.05. The van der Waals surface area contributed by atoms with E-state index in [9.17, 15) is 0 Å². The van der Waals surface area contributed by atoms with Crippen LogP contribution in [0.15, 0.2) is 48.7 Å². The minimum absolute atomic E-state index is 0.520. The molecular weight excluding hydrogens is 224 g/mol. The maximum Gasteiger partial charge on any atom is 0.137 e. The number of hydrogen-bond acceptors (Lipinski definition) is 4. The van der Waals surface area contributed by atoms with Crippen molar-refractivity contribution in [2.45, 2.75) is 6.42 Å². The van der Waals surface area contributed by atoms with Crippen molar-refractivity contribution in [2.75, 3.05) is 5.73 Å². The summed E-state index contributed by atoms with van der Waals surface area (Å²) in [6.45, 7) is 0. The minimum Gasteiger partial charge on any atom is -0.383 e. The Morgan fingerprint density at radius 1 is 0.944 bits per heavy atom. The van der Waals surface area contributed by atoms with Gasteiger partial charge in [-0.25, -0.2) is 9.97 Å². The Hall–Kier alpha value is -2.49. The first-order chi connectivity index (χ1) is 8.83. The first-order valence-electron chi connectivity index (χ1n) is 5.74. The summed E-state index contributed by atoms with van der Waals surface area (Å²) in [5.74, 6) is 1.22. The molecule has 0 aliphatic rings. The first kappa shape index (κ1) is 10.7. The summed E-state index contributed by atoms with van der Waals surface area (Å²) in [6.07, 6.45) is 2.36. The lowest BCUT2D eigenvalue weighted by Crippen LogP contribution is -2.02. The van der Waals surface area contributed by atoms with Gasteiger partial charge in [0.15, 0.2) is 0 Å². The second-order valence-electron chi connectivity index (χ2n) is 4.04. The molecule has 3 aromatic rings. The highest BCUT2D eigenvalue weighted by Crippen LogP contribution is 2.17. The van der Waals surface area contributed by atoms with Crippen molar-refractivity contribution in [1.82, 2.24) is 15.0 Å². The second kappa shape index (κ2) is 4.41. The predicted molar refractivity (Wildman–Crippen MR) is 71.0 cm³/mol. The molecule has 0 atom stereocenters. The van der Waals surface area contributed by atoms with Crippen LogP contribution in [0.2, 0.25) is 0 Å². The molecule has 0 fully saturated rings. The lowest BCUT2D eigenvalue weighted by molar-refractivity contribution is 0.958. The maximum atomic E-state index is 5.94. The minimum atomic E-state index is 0.520. The van der Waals surface area contributed by atoms with E-state index in [-0.39, 0.29) is 0 Å². The molecule has 2 aromatic heterocycles. The van der Waals surface area contributed by atoms with E-state index in [4.69, 9.17) is 5.73 Å². The highest BCUT2D eigenvalue weighted by atomic mass is 14.9. The van der Waals surface area contributed by atoms with Crippen LogP contribution >= 0.6 is 0 Å². The topological polar surface area (TPSA) is 64.7 Å². The fourth-order valence-electron chi connectivity index (χ4n) is 1.89. The van der Waals surface area contributed by atoms with Crippen LogP contribution in [0.25, 0.3) is 10.9 Å². The molecule has 4 nitrogen and oxygen atoms in total. The van der Waals surface area contributed by atoms with Crippen molar-refractivity contribution in [1.29, 1.82) is 0 Å². The molecule has 0 amide bonds. The standard InChI is InChI=1S/C14H12N4/c15-14-11-6-1-2-7-12(11)17-13(18-14)9-10-5-3-4-8-16-10/h1-8H,9H2,(H2,15,17,18). The summed E-state index contributed by atoms with van der Waals surface area (Å²) in [5, 5.41) is 0.891. The lowest BCUT2D eigenvalue weighted by atomic mass is 10.2. The zero-order valence-electron chi connectivity index (χ0n) is 9.74. The SMILES string of the molecule is Nc1nc(Cc2ccccn2)nc2ccccc12. The predicted octanol–water partition coefficient (Wildman–Crippen LogP) is 2.20. The lowest BCUT2D eigenvalue weighted by Gasteiger charge is -2.04. The van der Waals surface area contributed by atoms with Gasteiger partial charge in [-0.15, -0.1) is 0 Å². The van der Waals surface area contributed by atoms with Crippen LogP contribution in [-0.4, -0.2) is 15.0 Å². The Morgan fingerprint density at radius 2 is 1.78 bits per heavy atom. The van der Waals surface area contributed by atoms with Crippen molar-refractivity contribution in [3.8, 4) is 0 Å². The van der Waals surface area contributed by atoms with Crippen molar-refractivity contribution in [3.63, 3.8) is 0 Å². The third-order valence-corrected chi connectivity index (χ3v) is 2.74. The number of nitrogens with two attached hydrogens (primary N) is 1. The summed E-state index contributed by atoms with van der Waals surface area (Å²) < 4.78 is 0. The van der Waals surface area contributed by atoms with Gasteiger partial charge in [0.1, 0.15) is 11.6 Å². The van der Waals surface area contributed by atoms with E-state index in [1.807, 2.05) is 42.5 Å². The van der Waals surface area contributed by atoms with E-state index in [0.717, 1.165) is 16.6 Å². The van der Waals surface area contributed by atoms with Crippen LogP contribution in [0.5, 0.6) is 0 Å². The van der Waals surface area contributed by atoms with Crippen LogP contribution < -0.4 is 5.73 Å². The Kier molecular flexibility index (Phi) is 2.61. The number of hydrogen-bond donors (Lipinski definition) is 1. The molecule has 0 aliphatic carbocycles. The van der Waals surface area contributed by atoms with Gasteiger partial charge in [-0.3, -0.25) is 4.98 Å². The molecular formula is C14H12N4. The van der Waals surface area contributed by atoms with Crippen molar-refractivity contribution in [3.05, 3.63) is 60.2 Å². The van der Waals surface area contributed by atoms with E-state index < -0.39 is 0 Å². The number of benzene rings is 1. The summed E-state index contributed by atoms with van der Waals surface area (Å²) in [7, 11) is 0. The van der Waals surface area contributed by atoms with E-state index in [1.54, 1.807) is 6.20 Å². The molecule has 2 N–H and O–H groups in total. The number of pyridine rings is 1. The van der Waals surface area contributed by atoms with Gasteiger partial charge in [0.2, 0.25) is 0 Å². The van der Waals surface area contributed by atoms with Gasteiger partial charge in [0.25, 0.3) is 0 Å². The molecule has 18 heavy (non-hydrogen) atoms. The van der Waals surface area contributed by atoms with Crippen LogP contribution in [0.3, 0.4) is 0 Å². The van der Waals surface area contributed by atoms with Crippen LogP contribution in [0.4, 0.5) is 5.82 Å². The molecule has 0 spiro atoms. The zero-order valence-corrected chi connectivity index (χ0v) is 9.74. The third kappa shape index (κ3) is 2.00. The fourth-order valence-corrected chi connectivity index (χ4v) is 1.89. The summed E-state index contributed by atoms with van der Waals surface area (Å²) in [4.78, 5) is 13.1. The molecule has 0 saturated heterocycles. The summed E-state index contributed by atoms with van der Waals surface area (Å²) in [6, 6.07) is 13.5. The van der Waals surface area contributed by atoms with E-state index in [0.29, 0.717) is 18.1 Å². The Balaban J connectivity index is 2.03. The number of anilines is 1. The van der Waals surface area contributed by atoms with Gasteiger partial charge in [-0.1, -0.05) is 18.2 Å². The average Bonchev–Trinajstić information content (AvgIpc) is 2.40. The molecule has 4 heteroatoms. The number of aromatic nitrogens is 3. The number of para-hydroxylation sites is 1. The summed E-state index contributed by atoms with van der Waals surface area (Å²) >= 11 is 0. The van der Waals surface area contributed by atoms with Gasteiger partial charge in [-0.05, 0) is 24.3 Å². The fraction of sp³-hybridized carbons (Fsp3) is 0.0714. The Morgan fingerprint density at radius 3 is 2.61 bits per heavy atom. The van der Waals surface area contributed by atoms with Gasteiger partial charge in [-0.2, -0.15) is 0 Å². The van der Waals surface area contributed by atoms with Crippen LogP contribution in [-0.2, 0) is 6.42 Å². The van der Waals surface area contributed by atoms with Gasteiger partial charge >= 0.3 is 0 Å². The van der Waals surface area contributed by atoms with Gasteiger partial charge in [0.05, 0.1) is 11.9 Å². The first-order valence-corrected chi connectivity index (χ1v) is 5.74. The zero-order chi connectivity index (χ0) is 12.4. The monoisotopic (exact) mass is 236 g/mol. The quantitative estimate of drug-likeness (QED) is 0.740. The smallest absolute Gasteiger partial charge is 0.137 e. The van der Waals surface area contributed by atoms with Gasteiger partial charge in [0, 0.05) is 17.3 Å². The molecule has 0 bridgehead atoms. The Bertz CT molecular complexity index is 680. The molecule has 0 radical (unpaired) electrons. The normalized spacial score (nSPS) is 10.7. The van der Waals surface area contributed by atoms with E-state index in [2.05, 4.69) is 15.0 Å². The highest BCUT2D eigenvalue weighted by molar-refractivity contribution is 5.87. The third-order valence-electron chi connectivity index (χ3n) is 2.74.